The maximum Gasteiger partial charge on any atom is 0.416 e. The van der Waals surface area contributed by atoms with Crippen LogP contribution in [-0.4, -0.2) is 46.2 Å². The van der Waals surface area contributed by atoms with Crippen LogP contribution >= 0.6 is 0 Å². The lowest BCUT2D eigenvalue weighted by Crippen LogP contribution is -2.33. The second-order valence-corrected chi connectivity index (χ2v) is 7.39. The van der Waals surface area contributed by atoms with E-state index in [0.717, 1.165) is 18.2 Å². The molecule has 2 rings (SSSR count). The fourth-order valence-electron chi connectivity index (χ4n) is 2.06. The second kappa shape index (κ2) is 9.67. The van der Waals surface area contributed by atoms with Crippen molar-refractivity contribution in [1.29, 1.82) is 0 Å². The minimum Gasteiger partial charge on any atom is -0.475 e. The Kier molecular flexibility index (Phi) is 7.53. The van der Waals surface area contributed by atoms with Gasteiger partial charge in [0.25, 0.3) is 0 Å². The normalized spacial score (nSPS) is 11.9. The maximum absolute atomic E-state index is 12.7. The van der Waals surface area contributed by atoms with Gasteiger partial charge in [0.15, 0.2) is 0 Å². The number of aromatic nitrogens is 1. The van der Waals surface area contributed by atoms with Crippen molar-refractivity contribution in [3.8, 4) is 5.88 Å². The molecule has 0 saturated heterocycles. The highest BCUT2D eigenvalue weighted by molar-refractivity contribution is 7.89. The number of rotatable bonds is 9. The molecule has 12 heteroatoms. The average molecular weight is 433 g/mol. The molecule has 0 aliphatic rings. The topological polar surface area (TPSA) is 107 Å². The van der Waals surface area contributed by atoms with Gasteiger partial charge in [-0.15, -0.1) is 0 Å². The third-order valence-corrected chi connectivity index (χ3v) is 4.85. The minimum atomic E-state index is -4.69. The maximum atomic E-state index is 12.7. The van der Waals surface area contributed by atoms with E-state index >= 15 is 0 Å². The molecule has 0 aliphatic carbocycles. The number of halogens is 3. The van der Waals surface area contributed by atoms with Crippen molar-refractivity contribution in [3.05, 3.63) is 48.2 Å². The summed E-state index contributed by atoms with van der Waals surface area (Å²) in [4.78, 5) is 15.3. The van der Waals surface area contributed by atoms with Gasteiger partial charge in [-0.25, -0.2) is 18.1 Å². The predicted octanol–water partition coefficient (Wildman–Crippen LogP) is 2.04. The molecule has 0 bridgehead atoms. The van der Waals surface area contributed by atoms with Crippen LogP contribution in [0.4, 0.5) is 18.9 Å². The Hall–Kier alpha value is -2.70. The van der Waals surface area contributed by atoms with E-state index in [9.17, 15) is 26.4 Å². The van der Waals surface area contributed by atoms with E-state index in [2.05, 4.69) is 10.3 Å². The summed E-state index contributed by atoms with van der Waals surface area (Å²) in [6.07, 6.45) is -3.38. The molecule has 1 aromatic carbocycles. The number of sulfonamides is 1. The molecule has 0 saturated carbocycles. The number of amides is 1. The standard InChI is InChI=1S/C17H18F3N3O5S/c1-27-7-8-28-16-6-5-13(10-21-16)23-15(24)11-22-29(25,26)14-4-2-3-12(9-14)17(18,19)20/h2-6,9-10,22H,7-8,11H2,1H3,(H,23,24). The van der Waals surface area contributed by atoms with Gasteiger partial charge in [-0.05, 0) is 24.3 Å². The van der Waals surface area contributed by atoms with Gasteiger partial charge in [0.1, 0.15) is 6.61 Å². The van der Waals surface area contributed by atoms with Crippen LogP contribution in [0.3, 0.4) is 0 Å². The number of methoxy groups -OCH3 is 1. The Morgan fingerprint density at radius 1 is 1.17 bits per heavy atom. The summed E-state index contributed by atoms with van der Waals surface area (Å²) < 4.78 is 74.5. The summed E-state index contributed by atoms with van der Waals surface area (Å²) in [5, 5.41) is 2.41. The van der Waals surface area contributed by atoms with Crippen LogP contribution in [0.15, 0.2) is 47.5 Å². The van der Waals surface area contributed by atoms with Gasteiger partial charge >= 0.3 is 6.18 Å². The summed E-state index contributed by atoms with van der Waals surface area (Å²) in [7, 11) is -2.78. The van der Waals surface area contributed by atoms with Crippen LogP contribution in [-0.2, 0) is 25.7 Å². The van der Waals surface area contributed by atoms with Crippen molar-refractivity contribution < 1.29 is 35.9 Å². The van der Waals surface area contributed by atoms with E-state index in [1.54, 1.807) is 0 Å². The molecule has 158 valence electrons. The van der Waals surface area contributed by atoms with Gasteiger partial charge in [-0.1, -0.05) is 6.07 Å². The minimum absolute atomic E-state index is 0.285. The summed E-state index contributed by atoms with van der Waals surface area (Å²) in [6, 6.07) is 6.21. The molecule has 0 aliphatic heterocycles. The van der Waals surface area contributed by atoms with Crippen molar-refractivity contribution in [2.45, 2.75) is 11.1 Å². The van der Waals surface area contributed by atoms with E-state index in [1.165, 1.54) is 25.4 Å². The molecule has 29 heavy (non-hydrogen) atoms. The second-order valence-electron chi connectivity index (χ2n) is 5.62. The van der Waals surface area contributed by atoms with E-state index in [1.807, 2.05) is 4.72 Å². The number of hydrogen-bond donors (Lipinski definition) is 2. The molecule has 1 heterocycles. The molecule has 1 amide bonds. The van der Waals surface area contributed by atoms with Crippen LogP contribution < -0.4 is 14.8 Å². The Labute approximate surface area is 165 Å². The molecule has 2 aromatic rings. The molecule has 0 radical (unpaired) electrons. The smallest absolute Gasteiger partial charge is 0.416 e. The molecule has 1 aromatic heterocycles. The molecule has 0 fully saturated rings. The molecule has 8 nitrogen and oxygen atoms in total. The van der Waals surface area contributed by atoms with E-state index < -0.39 is 39.1 Å². The van der Waals surface area contributed by atoms with Gasteiger partial charge in [0.2, 0.25) is 21.8 Å². The lowest BCUT2D eigenvalue weighted by molar-refractivity contribution is -0.137. The van der Waals surface area contributed by atoms with Crippen molar-refractivity contribution in [3.63, 3.8) is 0 Å². The zero-order valence-electron chi connectivity index (χ0n) is 15.2. The van der Waals surface area contributed by atoms with Crippen LogP contribution in [0.2, 0.25) is 0 Å². The Morgan fingerprint density at radius 3 is 2.55 bits per heavy atom. The van der Waals surface area contributed by atoms with Gasteiger partial charge in [0, 0.05) is 13.2 Å². The summed E-state index contributed by atoms with van der Waals surface area (Å²) in [5.41, 5.74) is -0.823. The quantitative estimate of drug-likeness (QED) is 0.587. The summed E-state index contributed by atoms with van der Waals surface area (Å²) >= 11 is 0. The number of nitrogens with one attached hydrogen (secondary N) is 2. The van der Waals surface area contributed by atoms with Crippen LogP contribution in [0.25, 0.3) is 0 Å². The number of anilines is 1. The summed E-state index contributed by atoms with van der Waals surface area (Å²) in [5.74, 6) is -0.416. The Bertz CT molecular complexity index is 934. The largest absolute Gasteiger partial charge is 0.475 e. The number of ether oxygens (including phenoxy) is 2. The summed E-state index contributed by atoms with van der Waals surface area (Å²) in [6.45, 7) is 0.00336. The average Bonchev–Trinajstić information content (AvgIpc) is 2.67. The molecule has 2 N–H and O–H groups in total. The van der Waals surface area contributed by atoms with Gasteiger partial charge < -0.3 is 14.8 Å². The Morgan fingerprint density at radius 2 is 1.93 bits per heavy atom. The first-order chi connectivity index (χ1) is 13.6. The highest BCUT2D eigenvalue weighted by Crippen LogP contribution is 2.30. The first-order valence-corrected chi connectivity index (χ1v) is 9.65. The lowest BCUT2D eigenvalue weighted by atomic mass is 10.2. The van der Waals surface area contributed by atoms with Crippen LogP contribution in [0, 0.1) is 0 Å². The number of nitrogens with zero attached hydrogens (tertiary/aromatic N) is 1. The first-order valence-electron chi connectivity index (χ1n) is 8.16. The van der Waals surface area contributed by atoms with E-state index in [-0.39, 0.29) is 5.69 Å². The van der Waals surface area contributed by atoms with Crippen LogP contribution in [0.5, 0.6) is 5.88 Å². The van der Waals surface area contributed by atoms with Crippen molar-refractivity contribution in [1.82, 2.24) is 9.71 Å². The zero-order chi connectivity index (χ0) is 21.5. The number of pyridine rings is 1. The molecule has 0 unspecified atom stereocenters. The van der Waals surface area contributed by atoms with Crippen molar-refractivity contribution in [2.24, 2.45) is 0 Å². The zero-order valence-corrected chi connectivity index (χ0v) is 16.0. The molecule has 0 atom stereocenters. The lowest BCUT2D eigenvalue weighted by Gasteiger charge is -2.11. The van der Waals surface area contributed by atoms with E-state index in [0.29, 0.717) is 25.2 Å². The fraction of sp³-hybridized carbons (Fsp3) is 0.294. The number of carbonyl (C=O) groups excluding carboxylic acids is 1. The first kappa shape index (κ1) is 22.6. The van der Waals surface area contributed by atoms with Crippen molar-refractivity contribution in [2.75, 3.05) is 32.2 Å². The fourth-order valence-corrected chi connectivity index (χ4v) is 3.09. The highest BCUT2D eigenvalue weighted by Gasteiger charge is 2.31. The van der Waals surface area contributed by atoms with Gasteiger partial charge in [0.05, 0.1) is 35.5 Å². The number of carbonyl (C=O) groups is 1. The highest BCUT2D eigenvalue weighted by atomic mass is 32.2. The third-order valence-electron chi connectivity index (χ3n) is 3.45. The third kappa shape index (κ3) is 7.00. The van der Waals surface area contributed by atoms with Gasteiger partial charge in [-0.3, -0.25) is 4.79 Å². The van der Waals surface area contributed by atoms with Gasteiger partial charge in [-0.2, -0.15) is 13.2 Å². The molecular formula is C17H18F3N3O5S. The van der Waals surface area contributed by atoms with Crippen LogP contribution in [0.1, 0.15) is 5.56 Å². The monoisotopic (exact) mass is 433 g/mol. The van der Waals surface area contributed by atoms with E-state index in [4.69, 9.17) is 9.47 Å². The molecule has 0 spiro atoms. The number of alkyl halides is 3. The van der Waals surface area contributed by atoms with Crippen molar-refractivity contribution >= 4 is 21.6 Å². The SMILES string of the molecule is COCCOc1ccc(NC(=O)CNS(=O)(=O)c2cccc(C(F)(F)F)c2)cn1. The molecular weight excluding hydrogens is 415 g/mol. The number of benzene rings is 1. The Balaban J connectivity index is 1.93. The predicted molar refractivity (Wildman–Crippen MR) is 96.9 cm³/mol. The number of hydrogen-bond acceptors (Lipinski definition) is 6.